The van der Waals surface area contributed by atoms with E-state index in [2.05, 4.69) is 36.2 Å². The molecule has 2 bridgehead atoms. The fourth-order valence-electron chi connectivity index (χ4n) is 3.70. The second-order valence-corrected chi connectivity index (χ2v) is 6.16. The lowest BCUT2D eigenvalue weighted by molar-refractivity contribution is -0.0216. The predicted octanol–water partition coefficient (Wildman–Crippen LogP) is 2.97. The molecule has 2 saturated heterocycles. The van der Waals surface area contributed by atoms with Crippen molar-refractivity contribution in [2.45, 2.75) is 57.1 Å². The topological polar surface area (TPSA) is 21.7 Å². The molecule has 0 radical (unpaired) electrons. The van der Waals surface area contributed by atoms with Gasteiger partial charge in [0.05, 0.1) is 19.3 Å². The van der Waals surface area contributed by atoms with Gasteiger partial charge in [-0.1, -0.05) is 24.3 Å². The summed E-state index contributed by atoms with van der Waals surface area (Å²) in [4.78, 5) is 2.55. The molecule has 0 unspecified atom stereocenters. The Bertz CT molecular complexity index is 434. The highest BCUT2D eigenvalue weighted by Crippen LogP contribution is 2.35. The van der Waals surface area contributed by atoms with Crippen LogP contribution in [0.5, 0.6) is 0 Å². The van der Waals surface area contributed by atoms with Crippen molar-refractivity contribution in [1.82, 2.24) is 4.90 Å². The molecule has 20 heavy (non-hydrogen) atoms. The number of rotatable bonds is 5. The fraction of sp³-hybridized carbons (Fsp3) is 0.647. The van der Waals surface area contributed by atoms with Crippen LogP contribution < -0.4 is 0 Å². The zero-order valence-electron chi connectivity index (χ0n) is 12.5. The molecule has 0 aromatic heterocycles. The van der Waals surface area contributed by atoms with Crippen molar-refractivity contribution in [3.05, 3.63) is 35.4 Å². The molecule has 110 valence electrons. The van der Waals surface area contributed by atoms with Gasteiger partial charge in [0.25, 0.3) is 0 Å². The Morgan fingerprint density at radius 2 is 1.65 bits per heavy atom. The number of hydrogen-bond donors (Lipinski definition) is 0. The number of benzene rings is 1. The molecule has 3 rings (SSSR count). The van der Waals surface area contributed by atoms with Crippen molar-refractivity contribution in [3.8, 4) is 0 Å². The van der Waals surface area contributed by atoms with Gasteiger partial charge in [-0.3, -0.25) is 0 Å². The van der Waals surface area contributed by atoms with E-state index < -0.39 is 0 Å². The van der Waals surface area contributed by atoms with Crippen molar-refractivity contribution in [2.75, 3.05) is 14.2 Å². The summed E-state index contributed by atoms with van der Waals surface area (Å²) in [6.07, 6.45) is 5.51. The van der Waals surface area contributed by atoms with E-state index in [-0.39, 0.29) is 0 Å². The lowest BCUT2D eigenvalue weighted by atomic mass is 10.0. The Morgan fingerprint density at radius 3 is 2.25 bits per heavy atom. The van der Waals surface area contributed by atoms with Gasteiger partial charge in [-0.2, -0.15) is 0 Å². The maximum absolute atomic E-state index is 6.20. The minimum atomic E-state index is 0.430. The van der Waals surface area contributed by atoms with Crippen molar-refractivity contribution in [2.24, 2.45) is 0 Å². The third kappa shape index (κ3) is 2.90. The molecule has 2 aliphatic heterocycles. The summed E-state index contributed by atoms with van der Waals surface area (Å²) in [6, 6.07) is 9.91. The third-order valence-electron chi connectivity index (χ3n) is 4.95. The summed E-state index contributed by atoms with van der Waals surface area (Å²) < 4.78 is 11.5. The summed E-state index contributed by atoms with van der Waals surface area (Å²) in [5, 5.41) is 0. The van der Waals surface area contributed by atoms with Gasteiger partial charge >= 0.3 is 0 Å². The maximum Gasteiger partial charge on any atom is 0.0724 e. The van der Waals surface area contributed by atoms with Crippen LogP contribution in [0.25, 0.3) is 0 Å². The summed E-state index contributed by atoms with van der Waals surface area (Å²) in [6.45, 7) is 1.38. The van der Waals surface area contributed by atoms with E-state index in [1.807, 2.05) is 0 Å². The first-order chi connectivity index (χ1) is 9.78. The largest absolute Gasteiger partial charge is 0.380 e. The van der Waals surface area contributed by atoms with Gasteiger partial charge in [-0.15, -0.1) is 0 Å². The van der Waals surface area contributed by atoms with E-state index in [0.29, 0.717) is 19.3 Å². The van der Waals surface area contributed by atoms with Crippen LogP contribution in [-0.4, -0.2) is 37.2 Å². The van der Waals surface area contributed by atoms with Gasteiger partial charge in [0.1, 0.15) is 0 Å². The smallest absolute Gasteiger partial charge is 0.0724 e. The minimum Gasteiger partial charge on any atom is -0.380 e. The van der Waals surface area contributed by atoms with Gasteiger partial charge in [-0.05, 0) is 43.9 Å². The fourth-order valence-corrected chi connectivity index (χ4v) is 3.70. The molecule has 2 fully saturated rings. The molecule has 3 atom stereocenters. The van der Waals surface area contributed by atoms with Gasteiger partial charge in [0.15, 0.2) is 0 Å². The Kier molecular flexibility index (Phi) is 4.39. The first-order valence-corrected chi connectivity index (χ1v) is 7.67. The summed E-state index contributed by atoms with van der Waals surface area (Å²) in [5.41, 5.74) is 2.51. The Hall–Kier alpha value is -0.900. The van der Waals surface area contributed by atoms with Crippen LogP contribution in [0.15, 0.2) is 24.3 Å². The van der Waals surface area contributed by atoms with Crippen LogP contribution in [0.2, 0.25) is 0 Å². The van der Waals surface area contributed by atoms with Gasteiger partial charge in [0, 0.05) is 19.2 Å². The quantitative estimate of drug-likeness (QED) is 0.824. The van der Waals surface area contributed by atoms with Crippen LogP contribution in [0.3, 0.4) is 0 Å². The molecule has 0 saturated carbocycles. The Labute approximate surface area is 121 Å². The van der Waals surface area contributed by atoms with E-state index >= 15 is 0 Å². The Morgan fingerprint density at radius 1 is 1.05 bits per heavy atom. The summed E-state index contributed by atoms with van der Waals surface area (Å²) in [7, 11) is 4.01. The van der Waals surface area contributed by atoms with Gasteiger partial charge in [0.2, 0.25) is 0 Å². The van der Waals surface area contributed by atoms with Crippen molar-refractivity contribution < 1.29 is 9.47 Å². The molecule has 3 nitrogen and oxygen atoms in total. The van der Waals surface area contributed by atoms with Crippen molar-refractivity contribution in [3.63, 3.8) is 0 Å². The summed E-state index contributed by atoms with van der Waals surface area (Å²) in [5.74, 6) is 0. The first kappa shape index (κ1) is 14.1. The average molecular weight is 275 g/mol. The van der Waals surface area contributed by atoms with Crippen LogP contribution in [0.4, 0.5) is 0 Å². The van der Waals surface area contributed by atoms with Crippen molar-refractivity contribution in [1.29, 1.82) is 0 Å². The minimum absolute atomic E-state index is 0.430. The molecule has 0 N–H and O–H groups in total. The number of methoxy groups -OCH3 is 1. The van der Waals surface area contributed by atoms with Gasteiger partial charge in [-0.25, -0.2) is 0 Å². The van der Waals surface area contributed by atoms with Crippen LogP contribution >= 0.6 is 0 Å². The molecule has 3 heteroatoms. The second-order valence-electron chi connectivity index (χ2n) is 6.16. The number of piperidine rings is 1. The van der Waals surface area contributed by atoms with Crippen LogP contribution in [0.1, 0.15) is 36.8 Å². The molecule has 0 aliphatic carbocycles. The summed E-state index contributed by atoms with van der Waals surface area (Å²) >= 11 is 0. The molecular weight excluding hydrogens is 250 g/mol. The number of ether oxygens (including phenoxy) is 2. The number of nitrogens with zero attached hydrogens (tertiary/aromatic N) is 1. The zero-order chi connectivity index (χ0) is 13.9. The molecule has 1 aromatic carbocycles. The molecular formula is C17H25NO2. The first-order valence-electron chi connectivity index (χ1n) is 7.67. The van der Waals surface area contributed by atoms with Crippen LogP contribution in [-0.2, 0) is 22.7 Å². The van der Waals surface area contributed by atoms with E-state index in [9.17, 15) is 0 Å². The highest BCUT2D eigenvalue weighted by Gasteiger charge is 2.38. The molecule has 2 heterocycles. The predicted molar refractivity (Wildman–Crippen MR) is 79.5 cm³/mol. The Balaban J connectivity index is 1.58. The lowest BCUT2D eigenvalue weighted by Crippen LogP contribution is -2.42. The molecule has 2 aliphatic rings. The highest BCUT2D eigenvalue weighted by molar-refractivity contribution is 5.25. The van der Waals surface area contributed by atoms with Crippen molar-refractivity contribution >= 4 is 0 Å². The van der Waals surface area contributed by atoms with E-state index in [1.165, 1.54) is 36.8 Å². The number of hydrogen-bond acceptors (Lipinski definition) is 3. The van der Waals surface area contributed by atoms with E-state index in [1.54, 1.807) is 7.11 Å². The zero-order valence-corrected chi connectivity index (χ0v) is 12.5. The molecule has 0 amide bonds. The maximum atomic E-state index is 6.20. The average Bonchev–Trinajstić information content (AvgIpc) is 2.69. The normalized spacial score (nSPS) is 29.8. The van der Waals surface area contributed by atoms with E-state index in [0.717, 1.165) is 12.1 Å². The number of fused-ring (bicyclic) bond motifs is 2. The molecule has 0 spiro atoms. The SMILES string of the molecule is COCc1ccccc1CO[C@H]1C[C@H]2CC[C@@H](C1)N2C. The second kappa shape index (κ2) is 6.25. The molecule has 1 aromatic rings. The monoisotopic (exact) mass is 275 g/mol. The lowest BCUT2D eigenvalue weighted by Gasteiger charge is -2.36. The van der Waals surface area contributed by atoms with E-state index in [4.69, 9.17) is 9.47 Å². The standard InChI is InChI=1S/C17H25NO2/c1-18-15-7-8-16(18)10-17(9-15)20-12-14-6-4-3-5-13(14)11-19-2/h3-6,15-17H,7-12H2,1-2H3/t15-,16+,17+. The third-order valence-corrected chi connectivity index (χ3v) is 4.95. The van der Waals surface area contributed by atoms with Crippen LogP contribution in [0, 0.1) is 0 Å². The van der Waals surface area contributed by atoms with Gasteiger partial charge < -0.3 is 14.4 Å². The highest BCUT2D eigenvalue weighted by atomic mass is 16.5.